The van der Waals surface area contributed by atoms with Gasteiger partial charge in [0.1, 0.15) is 24.4 Å². The van der Waals surface area contributed by atoms with Crippen LogP contribution in [0.5, 0.6) is 5.75 Å². The number of carbonyl (C=O) groups excluding carboxylic acids is 1. The highest BCUT2D eigenvalue weighted by molar-refractivity contribution is 9.10. The topological polar surface area (TPSA) is 75.9 Å². The number of halogens is 2. The number of pyridine rings is 1. The molecule has 1 aliphatic heterocycles. The van der Waals surface area contributed by atoms with Crippen molar-refractivity contribution >= 4 is 21.8 Å². The number of nitrogens with zero attached hydrogens (tertiary/aromatic N) is 3. The maximum atomic E-state index is 13.0. The molecular weight excluding hydrogens is 481 g/mol. The van der Waals surface area contributed by atoms with Gasteiger partial charge in [0.15, 0.2) is 0 Å². The Kier molecular flexibility index (Phi) is 6.96. The van der Waals surface area contributed by atoms with Gasteiger partial charge in [-0.05, 0) is 39.7 Å². The average Bonchev–Trinajstić information content (AvgIpc) is 2.80. The second-order valence-electron chi connectivity index (χ2n) is 7.45. The molecule has 2 aromatic heterocycles. The van der Waals surface area contributed by atoms with Gasteiger partial charge in [0.2, 0.25) is 11.2 Å². The Balaban J connectivity index is 1.29. The first-order valence-corrected chi connectivity index (χ1v) is 10.9. The van der Waals surface area contributed by atoms with E-state index in [9.17, 15) is 14.0 Å². The van der Waals surface area contributed by atoms with Gasteiger partial charge in [-0.3, -0.25) is 19.5 Å². The molecule has 9 heteroatoms. The molecule has 1 amide bonds. The molecule has 0 N–H and O–H groups in total. The van der Waals surface area contributed by atoms with Gasteiger partial charge < -0.3 is 14.1 Å². The fourth-order valence-electron chi connectivity index (χ4n) is 3.41. The van der Waals surface area contributed by atoms with Gasteiger partial charge in [-0.2, -0.15) is 0 Å². The molecule has 1 fully saturated rings. The monoisotopic (exact) mass is 501 g/mol. The van der Waals surface area contributed by atoms with E-state index in [-0.39, 0.29) is 29.5 Å². The first kappa shape index (κ1) is 22.2. The third-order valence-electron chi connectivity index (χ3n) is 5.15. The molecule has 1 aromatic carbocycles. The number of piperazine rings is 1. The van der Waals surface area contributed by atoms with Gasteiger partial charge in [-0.1, -0.05) is 12.1 Å². The summed E-state index contributed by atoms with van der Waals surface area (Å²) in [4.78, 5) is 33.0. The number of aromatic nitrogens is 1. The van der Waals surface area contributed by atoms with Gasteiger partial charge in [0, 0.05) is 49.1 Å². The van der Waals surface area contributed by atoms with Crippen LogP contribution in [-0.4, -0.2) is 46.9 Å². The molecule has 0 atom stereocenters. The lowest BCUT2D eigenvalue weighted by Gasteiger charge is -2.34. The van der Waals surface area contributed by atoms with Crippen LogP contribution in [0.25, 0.3) is 0 Å². The predicted molar refractivity (Wildman–Crippen MR) is 119 cm³/mol. The van der Waals surface area contributed by atoms with E-state index in [2.05, 4.69) is 25.8 Å². The maximum absolute atomic E-state index is 13.0. The fraction of sp³-hybridized carbons (Fsp3) is 0.261. The zero-order valence-electron chi connectivity index (χ0n) is 17.2. The van der Waals surface area contributed by atoms with Crippen LogP contribution in [0.2, 0.25) is 0 Å². The molecule has 166 valence electrons. The Morgan fingerprint density at radius 3 is 2.56 bits per heavy atom. The molecule has 3 heterocycles. The van der Waals surface area contributed by atoms with Crippen LogP contribution in [-0.2, 0) is 13.2 Å². The summed E-state index contributed by atoms with van der Waals surface area (Å²) in [5, 5.41) is 0. The fourth-order valence-corrected chi connectivity index (χ4v) is 3.77. The van der Waals surface area contributed by atoms with Crippen LogP contribution < -0.4 is 10.2 Å². The Labute approximate surface area is 192 Å². The Morgan fingerprint density at radius 2 is 1.88 bits per heavy atom. The highest BCUT2D eigenvalue weighted by atomic mass is 79.9. The molecule has 0 bridgehead atoms. The van der Waals surface area contributed by atoms with Gasteiger partial charge in [0.05, 0.1) is 12.1 Å². The van der Waals surface area contributed by atoms with Crippen molar-refractivity contribution in [3.63, 3.8) is 0 Å². The van der Waals surface area contributed by atoms with Gasteiger partial charge in [0.25, 0.3) is 5.91 Å². The number of hydrogen-bond donors (Lipinski definition) is 0. The third-order valence-corrected chi connectivity index (χ3v) is 5.58. The summed E-state index contributed by atoms with van der Waals surface area (Å²) in [5.74, 6) is 0.261. The molecule has 0 saturated carbocycles. The van der Waals surface area contributed by atoms with Crippen molar-refractivity contribution in [1.82, 2.24) is 14.8 Å². The molecular formula is C23H21BrFN3O4. The van der Waals surface area contributed by atoms with Crippen LogP contribution in [0, 0.1) is 5.82 Å². The normalized spacial score (nSPS) is 14.4. The molecule has 0 unspecified atom stereocenters. The summed E-state index contributed by atoms with van der Waals surface area (Å²) in [6, 6.07) is 9.06. The third kappa shape index (κ3) is 5.60. The van der Waals surface area contributed by atoms with E-state index in [1.165, 1.54) is 24.5 Å². The Morgan fingerprint density at radius 1 is 1.12 bits per heavy atom. The number of carbonyl (C=O) groups is 1. The molecule has 0 spiro atoms. The molecule has 3 aromatic rings. The van der Waals surface area contributed by atoms with E-state index in [0.717, 1.165) is 10.0 Å². The highest BCUT2D eigenvalue weighted by Gasteiger charge is 2.23. The maximum Gasteiger partial charge on any atom is 0.255 e. The summed E-state index contributed by atoms with van der Waals surface area (Å²) >= 11 is 3.34. The lowest BCUT2D eigenvalue weighted by Crippen LogP contribution is -2.48. The van der Waals surface area contributed by atoms with Crippen LogP contribution >= 0.6 is 15.9 Å². The van der Waals surface area contributed by atoms with Gasteiger partial charge in [-0.15, -0.1) is 0 Å². The minimum Gasteiger partial charge on any atom is -0.482 e. The minimum absolute atomic E-state index is 0.0485. The number of rotatable bonds is 6. The summed E-state index contributed by atoms with van der Waals surface area (Å²) in [6.07, 6.45) is 4.51. The lowest BCUT2D eigenvalue weighted by atomic mass is 10.2. The predicted octanol–water partition coefficient (Wildman–Crippen LogP) is 3.47. The minimum atomic E-state index is -0.326. The van der Waals surface area contributed by atoms with E-state index < -0.39 is 0 Å². The van der Waals surface area contributed by atoms with E-state index in [1.807, 2.05) is 0 Å². The van der Waals surface area contributed by atoms with Gasteiger partial charge in [-0.25, -0.2) is 4.39 Å². The summed E-state index contributed by atoms with van der Waals surface area (Å²) in [5.41, 5.74) is 1.03. The largest absolute Gasteiger partial charge is 0.482 e. The molecule has 7 nitrogen and oxygen atoms in total. The Bertz CT molecular complexity index is 1140. The Hall–Kier alpha value is -3.04. The standard InChI is InChI=1S/C23H21BrFN3O4/c24-18-9-17(11-26-12-18)23(30)28-7-5-27(6-8-28)13-20-10-21(29)22(15-31-20)32-14-16-1-3-19(25)4-2-16/h1-4,9-12,15H,5-8,13-14H2. The van der Waals surface area contributed by atoms with Crippen molar-refractivity contribution in [3.8, 4) is 5.75 Å². The molecule has 1 aliphatic rings. The summed E-state index contributed by atoms with van der Waals surface area (Å²) in [6.45, 7) is 3.10. The van der Waals surface area contributed by atoms with Crippen molar-refractivity contribution in [2.24, 2.45) is 0 Å². The molecule has 4 rings (SSSR count). The number of hydrogen-bond acceptors (Lipinski definition) is 6. The number of benzene rings is 1. The lowest BCUT2D eigenvalue weighted by molar-refractivity contribution is 0.0618. The first-order valence-electron chi connectivity index (χ1n) is 10.1. The van der Waals surface area contributed by atoms with Crippen molar-refractivity contribution < 1.29 is 18.3 Å². The summed E-state index contributed by atoms with van der Waals surface area (Å²) < 4.78 is 24.8. The molecule has 0 radical (unpaired) electrons. The van der Waals surface area contributed by atoms with Crippen LogP contribution in [0.15, 0.2) is 68.7 Å². The molecule has 0 aliphatic carbocycles. The van der Waals surface area contributed by atoms with Crippen molar-refractivity contribution in [1.29, 1.82) is 0 Å². The number of amides is 1. The highest BCUT2D eigenvalue weighted by Crippen LogP contribution is 2.15. The van der Waals surface area contributed by atoms with E-state index >= 15 is 0 Å². The van der Waals surface area contributed by atoms with Crippen LogP contribution in [0.1, 0.15) is 21.7 Å². The zero-order chi connectivity index (χ0) is 22.5. The van der Waals surface area contributed by atoms with Crippen LogP contribution in [0.4, 0.5) is 4.39 Å². The smallest absolute Gasteiger partial charge is 0.255 e. The molecule has 1 saturated heterocycles. The van der Waals surface area contributed by atoms with E-state index in [4.69, 9.17) is 9.15 Å². The van der Waals surface area contributed by atoms with Crippen molar-refractivity contribution in [2.45, 2.75) is 13.2 Å². The van der Waals surface area contributed by atoms with Crippen molar-refractivity contribution in [2.75, 3.05) is 26.2 Å². The second-order valence-corrected chi connectivity index (χ2v) is 8.37. The quantitative estimate of drug-likeness (QED) is 0.514. The SMILES string of the molecule is O=C(c1cncc(Br)c1)N1CCN(Cc2cc(=O)c(OCc3ccc(F)cc3)co2)CC1. The van der Waals surface area contributed by atoms with Crippen molar-refractivity contribution in [3.05, 3.63) is 92.5 Å². The second kappa shape index (κ2) is 10.1. The average molecular weight is 502 g/mol. The first-order chi connectivity index (χ1) is 15.5. The molecule has 32 heavy (non-hydrogen) atoms. The van der Waals surface area contributed by atoms with E-state index in [0.29, 0.717) is 44.0 Å². The summed E-state index contributed by atoms with van der Waals surface area (Å²) in [7, 11) is 0. The van der Waals surface area contributed by atoms with Crippen LogP contribution in [0.3, 0.4) is 0 Å². The van der Waals surface area contributed by atoms with E-state index in [1.54, 1.807) is 35.5 Å². The number of ether oxygens (including phenoxy) is 1. The van der Waals surface area contributed by atoms with Gasteiger partial charge >= 0.3 is 0 Å². The zero-order valence-corrected chi connectivity index (χ0v) is 18.8.